The molecule has 12 heavy (non-hydrogen) atoms. The Labute approximate surface area is 73.9 Å². The van der Waals surface area contributed by atoms with Gasteiger partial charge in [-0.2, -0.15) is 0 Å². The van der Waals surface area contributed by atoms with Crippen LogP contribution >= 0.6 is 0 Å². The summed E-state index contributed by atoms with van der Waals surface area (Å²) in [6.45, 7) is 6.34. The van der Waals surface area contributed by atoms with Crippen LogP contribution in [0.15, 0.2) is 0 Å². The maximum Gasteiger partial charge on any atom is 0.226 e. The van der Waals surface area contributed by atoms with E-state index in [4.69, 9.17) is 5.73 Å². The van der Waals surface area contributed by atoms with E-state index in [1.165, 1.54) is 0 Å². The van der Waals surface area contributed by atoms with Crippen LogP contribution < -0.4 is 5.73 Å². The molecule has 3 heteroatoms. The Hall–Kier alpha value is -0.570. The number of carbonyl (C=O) groups excluding carboxylic acids is 1. The topological polar surface area (TPSA) is 46.3 Å². The average Bonchev–Trinajstić information content (AvgIpc) is 2.85. The number of carbonyl (C=O) groups is 1. The highest BCUT2D eigenvalue weighted by atomic mass is 16.2. The molecule has 0 aromatic heterocycles. The van der Waals surface area contributed by atoms with Gasteiger partial charge in [0.25, 0.3) is 0 Å². The van der Waals surface area contributed by atoms with Gasteiger partial charge in [0.2, 0.25) is 5.91 Å². The zero-order valence-electron chi connectivity index (χ0n) is 7.92. The summed E-state index contributed by atoms with van der Waals surface area (Å²) in [5, 5.41) is 0. The molecular formula is C9H18N2O. The first-order valence-electron chi connectivity index (χ1n) is 4.73. The number of rotatable bonds is 4. The predicted octanol–water partition coefficient (Wildman–Crippen LogP) is 0.450. The predicted molar refractivity (Wildman–Crippen MR) is 48.6 cm³/mol. The van der Waals surface area contributed by atoms with Crippen molar-refractivity contribution < 1.29 is 4.79 Å². The van der Waals surface area contributed by atoms with Crippen LogP contribution in [-0.4, -0.2) is 30.4 Å². The third-order valence-corrected chi connectivity index (χ3v) is 2.62. The third-order valence-electron chi connectivity index (χ3n) is 2.62. The molecular weight excluding hydrogens is 152 g/mol. The van der Waals surface area contributed by atoms with Crippen molar-refractivity contribution in [2.75, 3.05) is 19.6 Å². The van der Waals surface area contributed by atoms with E-state index in [-0.39, 0.29) is 5.92 Å². The Morgan fingerprint density at radius 1 is 1.50 bits per heavy atom. The lowest BCUT2D eigenvalue weighted by Crippen LogP contribution is -2.32. The third kappa shape index (κ3) is 1.78. The van der Waals surface area contributed by atoms with Gasteiger partial charge in [0.1, 0.15) is 0 Å². The first-order chi connectivity index (χ1) is 5.74. The van der Waals surface area contributed by atoms with Gasteiger partial charge in [0.05, 0.1) is 0 Å². The van der Waals surface area contributed by atoms with Crippen LogP contribution in [0.1, 0.15) is 20.3 Å². The maximum atomic E-state index is 11.6. The Morgan fingerprint density at radius 2 is 2.08 bits per heavy atom. The Balaban J connectivity index is 2.38. The highest BCUT2D eigenvalue weighted by Gasteiger charge is 2.43. The monoisotopic (exact) mass is 170 g/mol. The Bertz CT molecular complexity index is 166. The molecule has 0 bridgehead atoms. The number of nitrogens with two attached hydrogens (primary N) is 1. The van der Waals surface area contributed by atoms with Crippen LogP contribution in [0, 0.1) is 11.8 Å². The maximum absolute atomic E-state index is 11.6. The summed E-state index contributed by atoms with van der Waals surface area (Å²) in [6, 6.07) is 0. The van der Waals surface area contributed by atoms with E-state index in [1.54, 1.807) is 0 Å². The van der Waals surface area contributed by atoms with E-state index in [2.05, 4.69) is 0 Å². The standard InChI is InChI=1S/C9H18N2O/c1-3-11(4-2)9(12)8-5-7(8)6-10/h7-8H,3-6,10H2,1-2H3/t7-,8-/m1/s1. The van der Waals surface area contributed by atoms with Gasteiger partial charge in [0.15, 0.2) is 0 Å². The molecule has 0 heterocycles. The molecule has 70 valence electrons. The van der Waals surface area contributed by atoms with E-state index >= 15 is 0 Å². The van der Waals surface area contributed by atoms with E-state index in [9.17, 15) is 4.79 Å². The number of hydrogen-bond donors (Lipinski definition) is 1. The van der Waals surface area contributed by atoms with Crippen LogP contribution in [-0.2, 0) is 4.79 Å². The molecule has 1 saturated carbocycles. The Morgan fingerprint density at radius 3 is 2.42 bits per heavy atom. The molecule has 1 aliphatic rings. The van der Waals surface area contributed by atoms with Gasteiger partial charge in [0, 0.05) is 19.0 Å². The van der Waals surface area contributed by atoms with Crippen molar-refractivity contribution in [2.24, 2.45) is 17.6 Å². The van der Waals surface area contributed by atoms with Crippen LogP contribution in [0.4, 0.5) is 0 Å². The summed E-state index contributed by atoms with van der Waals surface area (Å²) >= 11 is 0. The van der Waals surface area contributed by atoms with Crippen molar-refractivity contribution in [3.05, 3.63) is 0 Å². The molecule has 0 saturated heterocycles. The summed E-state index contributed by atoms with van der Waals surface area (Å²) in [5.74, 6) is 1.02. The average molecular weight is 170 g/mol. The fourth-order valence-corrected chi connectivity index (χ4v) is 1.58. The van der Waals surface area contributed by atoms with Crippen molar-refractivity contribution in [3.63, 3.8) is 0 Å². The molecule has 1 fully saturated rings. The fraction of sp³-hybridized carbons (Fsp3) is 0.889. The first kappa shape index (κ1) is 9.52. The van der Waals surface area contributed by atoms with Crippen molar-refractivity contribution >= 4 is 5.91 Å². The fourth-order valence-electron chi connectivity index (χ4n) is 1.58. The van der Waals surface area contributed by atoms with E-state index < -0.39 is 0 Å². The molecule has 0 aromatic rings. The molecule has 0 spiro atoms. The van der Waals surface area contributed by atoms with Gasteiger partial charge in [-0.05, 0) is 32.7 Å². The Kier molecular flexibility index (Phi) is 3.09. The van der Waals surface area contributed by atoms with E-state index in [0.717, 1.165) is 19.5 Å². The largest absolute Gasteiger partial charge is 0.343 e. The van der Waals surface area contributed by atoms with Gasteiger partial charge in [-0.3, -0.25) is 4.79 Å². The molecule has 2 N–H and O–H groups in total. The molecule has 1 rings (SSSR count). The van der Waals surface area contributed by atoms with Crippen molar-refractivity contribution in [3.8, 4) is 0 Å². The number of hydrogen-bond acceptors (Lipinski definition) is 2. The van der Waals surface area contributed by atoms with E-state index in [0.29, 0.717) is 18.4 Å². The lowest BCUT2D eigenvalue weighted by atomic mass is 10.3. The van der Waals surface area contributed by atoms with Crippen molar-refractivity contribution in [2.45, 2.75) is 20.3 Å². The molecule has 2 atom stereocenters. The molecule has 0 radical (unpaired) electrons. The minimum atomic E-state index is 0.245. The van der Waals surface area contributed by atoms with Crippen molar-refractivity contribution in [1.82, 2.24) is 4.90 Å². The summed E-state index contributed by atoms with van der Waals surface area (Å²) in [5.41, 5.74) is 5.47. The molecule has 0 aromatic carbocycles. The lowest BCUT2D eigenvalue weighted by Gasteiger charge is -2.18. The van der Waals surface area contributed by atoms with Gasteiger partial charge in [-0.25, -0.2) is 0 Å². The van der Waals surface area contributed by atoms with Crippen LogP contribution in [0.5, 0.6) is 0 Å². The van der Waals surface area contributed by atoms with Gasteiger partial charge >= 0.3 is 0 Å². The smallest absolute Gasteiger partial charge is 0.226 e. The minimum absolute atomic E-state index is 0.245. The van der Waals surface area contributed by atoms with Gasteiger partial charge < -0.3 is 10.6 Å². The second-order valence-corrected chi connectivity index (χ2v) is 3.35. The van der Waals surface area contributed by atoms with Gasteiger partial charge in [-0.1, -0.05) is 0 Å². The number of amides is 1. The molecule has 1 amide bonds. The zero-order valence-corrected chi connectivity index (χ0v) is 7.92. The normalized spacial score (nSPS) is 26.9. The number of nitrogens with zero attached hydrogens (tertiary/aromatic N) is 1. The quantitative estimate of drug-likeness (QED) is 0.666. The minimum Gasteiger partial charge on any atom is -0.343 e. The highest BCUT2D eigenvalue weighted by Crippen LogP contribution is 2.38. The molecule has 0 aliphatic heterocycles. The summed E-state index contributed by atoms with van der Waals surface area (Å²) in [4.78, 5) is 13.5. The second kappa shape index (κ2) is 3.90. The zero-order chi connectivity index (χ0) is 9.14. The van der Waals surface area contributed by atoms with E-state index in [1.807, 2.05) is 18.7 Å². The summed E-state index contributed by atoms with van der Waals surface area (Å²) < 4.78 is 0. The molecule has 0 unspecified atom stereocenters. The van der Waals surface area contributed by atoms with Crippen LogP contribution in [0.2, 0.25) is 0 Å². The first-order valence-corrected chi connectivity index (χ1v) is 4.73. The van der Waals surface area contributed by atoms with Crippen molar-refractivity contribution in [1.29, 1.82) is 0 Å². The van der Waals surface area contributed by atoms with Gasteiger partial charge in [-0.15, -0.1) is 0 Å². The highest BCUT2D eigenvalue weighted by molar-refractivity contribution is 5.81. The van der Waals surface area contributed by atoms with Crippen LogP contribution in [0.25, 0.3) is 0 Å². The summed E-state index contributed by atoms with van der Waals surface area (Å²) in [7, 11) is 0. The molecule has 3 nitrogen and oxygen atoms in total. The lowest BCUT2D eigenvalue weighted by molar-refractivity contribution is -0.132. The SMILES string of the molecule is CCN(CC)C(=O)[C@@H]1C[C@@H]1CN. The van der Waals surface area contributed by atoms with Crippen LogP contribution in [0.3, 0.4) is 0 Å². The summed E-state index contributed by atoms with van der Waals surface area (Å²) in [6.07, 6.45) is 1.01. The molecule has 1 aliphatic carbocycles. The second-order valence-electron chi connectivity index (χ2n) is 3.35.